The van der Waals surface area contributed by atoms with Gasteiger partial charge in [-0.15, -0.1) is 0 Å². The van der Waals surface area contributed by atoms with Crippen LogP contribution in [0, 0.1) is 0 Å². The molecule has 3 heterocycles. The number of nitrogens with zero attached hydrogens (tertiary/aromatic N) is 5. The van der Waals surface area contributed by atoms with E-state index in [1.807, 2.05) is 42.6 Å². The summed E-state index contributed by atoms with van der Waals surface area (Å²) in [6.45, 7) is 0.720. The minimum absolute atomic E-state index is 0.298. The van der Waals surface area contributed by atoms with Gasteiger partial charge in [0.2, 0.25) is 0 Å². The van der Waals surface area contributed by atoms with Crippen LogP contribution < -0.4 is 5.32 Å². The molecule has 0 saturated carbocycles. The molecule has 0 aliphatic carbocycles. The van der Waals surface area contributed by atoms with E-state index in [1.54, 1.807) is 40.1 Å². The second-order valence-electron chi connectivity index (χ2n) is 6.15. The number of hydrogen-bond donors (Lipinski definition) is 1. The first-order valence-corrected chi connectivity index (χ1v) is 9.52. The van der Waals surface area contributed by atoms with Gasteiger partial charge in [0.1, 0.15) is 0 Å². The molecule has 140 valence electrons. The van der Waals surface area contributed by atoms with Gasteiger partial charge in [-0.2, -0.15) is 10.2 Å². The molecule has 0 bridgehead atoms. The van der Waals surface area contributed by atoms with Crippen molar-refractivity contribution in [3.63, 3.8) is 0 Å². The number of aromatic nitrogens is 5. The van der Waals surface area contributed by atoms with Crippen molar-refractivity contribution in [1.29, 1.82) is 0 Å². The van der Waals surface area contributed by atoms with Gasteiger partial charge in [0, 0.05) is 41.9 Å². The van der Waals surface area contributed by atoms with E-state index in [1.165, 1.54) is 5.56 Å². The molecule has 0 unspecified atom stereocenters. The monoisotopic (exact) mass is 436 g/mol. The Balaban J connectivity index is 1.38. The standard InChI is InChI=1S/C20H17BrN6O/c21-16-2-1-3-17(14-16)27-13-7-18(24-27)20(28)23-19-8-12-26(25-19)11-6-15-4-9-22-10-5-15/h1-5,7-10,12-14H,6,11H2,(H,23,25,28). The summed E-state index contributed by atoms with van der Waals surface area (Å²) in [5, 5.41) is 11.5. The van der Waals surface area contributed by atoms with E-state index in [2.05, 4.69) is 36.4 Å². The molecule has 1 amide bonds. The average molecular weight is 437 g/mol. The molecule has 4 aromatic rings. The summed E-state index contributed by atoms with van der Waals surface area (Å²) >= 11 is 3.44. The molecular formula is C20H17BrN6O. The Morgan fingerprint density at radius 3 is 2.71 bits per heavy atom. The van der Waals surface area contributed by atoms with Crippen molar-refractivity contribution >= 4 is 27.7 Å². The summed E-state index contributed by atoms with van der Waals surface area (Å²) in [5.74, 6) is 0.199. The highest BCUT2D eigenvalue weighted by Gasteiger charge is 2.12. The maximum atomic E-state index is 12.5. The topological polar surface area (TPSA) is 77.6 Å². The quantitative estimate of drug-likeness (QED) is 0.499. The van der Waals surface area contributed by atoms with Crippen molar-refractivity contribution in [2.75, 3.05) is 5.32 Å². The molecular weight excluding hydrogens is 420 g/mol. The normalized spacial score (nSPS) is 10.8. The molecule has 0 saturated heterocycles. The average Bonchev–Trinajstić information content (AvgIpc) is 3.37. The summed E-state index contributed by atoms with van der Waals surface area (Å²) in [6.07, 6.45) is 7.99. The van der Waals surface area contributed by atoms with Gasteiger partial charge in [-0.1, -0.05) is 22.0 Å². The molecule has 0 aliphatic heterocycles. The van der Waals surface area contributed by atoms with E-state index >= 15 is 0 Å². The van der Waals surface area contributed by atoms with Gasteiger partial charge in [-0.25, -0.2) is 4.68 Å². The van der Waals surface area contributed by atoms with Gasteiger partial charge in [0.15, 0.2) is 11.5 Å². The zero-order valence-electron chi connectivity index (χ0n) is 14.9. The van der Waals surface area contributed by atoms with E-state index < -0.39 is 0 Å². The minimum Gasteiger partial charge on any atom is -0.304 e. The Morgan fingerprint density at radius 1 is 1.04 bits per heavy atom. The van der Waals surface area contributed by atoms with Crippen LogP contribution in [0.3, 0.4) is 0 Å². The molecule has 7 nitrogen and oxygen atoms in total. The number of pyridine rings is 1. The van der Waals surface area contributed by atoms with Gasteiger partial charge in [-0.05, 0) is 48.4 Å². The molecule has 8 heteroatoms. The van der Waals surface area contributed by atoms with Gasteiger partial charge in [0.25, 0.3) is 5.91 Å². The van der Waals surface area contributed by atoms with E-state index in [0.29, 0.717) is 11.5 Å². The van der Waals surface area contributed by atoms with E-state index in [9.17, 15) is 4.79 Å². The van der Waals surface area contributed by atoms with Crippen molar-refractivity contribution in [1.82, 2.24) is 24.5 Å². The summed E-state index contributed by atoms with van der Waals surface area (Å²) in [4.78, 5) is 16.5. The molecule has 4 rings (SSSR count). The van der Waals surface area contributed by atoms with Crippen molar-refractivity contribution < 1.29 is 4.79 Å². The lowest BCUT2D eigenvalue weighted by Gasteiger charge is -2.03. The van der Waals surface area contributed by atoms with Gasteiger partial charge >= 0.3 is 0 Å². The molecule has 0 aliphatic rings. The van der Waals surface area contributed by atoms with E-state index in [4.69, 9.17) is 0 Å². The maximum absolute atomic E-state index is 12.5. The fourth-order valence-corrected chi connectivity index (χ4v) is 3.12. The zero-order chi connectivity index (χ0) is 19.3. The first kappa shape index (κ1) is 18.1. The number of benzene rings is 1. The van der Waals surface area contributed by atoms with E-state index in [-0.39, 0.29) is 5.91 Å². The number of nitrogens with one attached hydrogen (secondary N) is 1. The smallest absolute Gasteiger partial charge is 0.277 e. The van der Waals surface area contributed by atoms with Crippen LogP contribution in [0.25, 0.3) is 5.69 Å². The largest absolute Gasteiger partial charge is 0.304 e. The summed E-state index contributed by atoms with van der Waals surface area (Å²) in [6, 6.07) is 15.1. The molecule has 3 aromatic heterocycles. The molecule has 0 fully saturated rings. The number of hydrogen-bond acceptors (Lipinski definition) is 4. The molecule has 1 N–H and O–H groups in total. The fourth-order valence-electron chi connectivity index (χ4n) is 2.73. The first-order chi connectivity index (χ1) is 13.7. The number of amides is 1. The van der Waals surface area contributed by atoms with E-state index in [0.717, 1.165) is 23.1 Å². The van der Waals surface area contributed by atoms with Crippen molar-refractivity contribution in [2.45, 2.75) is 13.0 Å². The van der Waals surface area contributed by atoms with Crippen LogP contribution in [0.1, 0.15) is 16.1 Å². The Bertz CT molecular complexity index is 1090. The number of anilines is 1. The third kappa shape index (κ3) is 4.34. The van der Waals surface area contributed by atoms with Crippen molar-refractivity contribution in [2.24, 2.45) is 0 Å². The second kappa shape index (κ2) is 8.18. The lowest BCUT2D eigenvalue weighted by molar-refractivity contribution is 0.102. The SMILES string of the molecule is O=C(Nc1ccn(CCc2ccncc2)n1)c1ccn(-c2cccc(Br)c2)n1. The Kier molecular flexibility index (Phi) is 5.29. The van der Waals surface area contributed by atoms with Crippen LogP contribution in [0.4, 0.5) is 5.82 Å². The minimum atomic E-state index is -0.298. The third-order valence-electron chi connectivity index (χ3n) is 4.16. The molecule has 0 spiro atoms. The number of aryl methyl sites for hydroxylation is 2. The summed E-state index contributed by atoms with van der Waals surface area (Å²) in [5.41, 5.74) is 2.38. The lowest BCUT2D eigenvalue weighted by Crippen LogP contribution is -2.14. The molecule has 28 heavy (non-hydrogen) atoms. The van der Waals surface area contributed by atoms with Crippen LogP contribution in [-0.4, -0.2) is 30.5 Å². The molecule has 0 atom stereocenters. The van der Waals surface area contributed by atoms with Crippen LogP contribution in [-0.2, 0) is 13.0 Å². The predicted molar refractivity (Wildman–Crippen MR) is 109 cm³/mol. The molecule has 0 radical (unpaired) electrons. The number of carbonyl (C=O) groups excluding carboxylic acids is 1. The second-order valence-corrected chi connectivity index (χ2v) is 7.06. The zero-order valence-corrected chi connectivity index (χ0v) is 16.5. The van der Waals surface area contributed by atoms with Crippen LogP contribution in [0.2, 0.25) is 0 Å². The summed E-state index contributed by atoms with van der Waals surface area (Å²) < 4.78 is 4.41. The van der Waals surface area contributed by atoms with Crippen molar-refractivity contribution in [3.05, 3.63) is 89.0 Å². The van der Waals surface area contributed by atoms with Crippen LogP contribution in [0.15, 0.2) is 77.8 Å². The number of carbonyl (C=O) groups is 1. The van der Waals surface area contributed by atoms with Gasteiger partial charge in [0.05, 0.1) is 5.69 Å². The molecule has 1 aromatic carbocycles. The Labute approximate surface area is 170 Å². The third-order valence-corrected chi connectivity index (χ3v) is 4.65. The maximum Gasteiger partial charge on any atom is 0.277 e. The van der Waals surface area contributed by atoms with Gasteiger partial charge in [-0.3, -0.25) is 14.5 Å². The fraction of sp³-hybridized carbons (Fsp3) is 0.100. The van der Waals surface area contributed by atoms with Crippen LogP contribution in [0.5, 0.6) is 0 Å². The highest BCUT2D eigenvalue weighted by Crippen LogP contribution is 2.15. The predicted octanol–water partition coefficient (Wildman–Crippen LogP) is 3.72. The summed E-state index contributed by atoms with van der Waals surface area (Å²) in [7, 11) is 0. The lowest BCUT2D eigenvalue weighted by atomic mass is 10.2. The van der Waals surface area contributed by atoms with Crippen LogP contribution >= 0.6 is 15.9 Å². The Hall–Kier alpha value is -3.26. The Morgan fingerprint density at radius 2 is 1.89 bits per heavy atom. The first-order valence-electron chi connectivity index (χ1n) is 8.73. The van der Waals surface area contributed by atoms with Gasteiger partial charge < -0.3 is 5.32 Å². The van der Waals surface area contributed by atoms with Crippen molar-refractivity contribution in [3.8, 4) is 5.69 Å². The number of halogens is 1. The highest BCUT2D eigenvalue weighted by atomic mass is 79.9. The highest BCUT2D eigenvalue weighted by molar-refractivity contribution is 9.10. The number of rotatable bonds is 6.